The molecule has 2 heteroatoms. The van der Waals surface area contributed by atoms with Crippen LogP contribution in [0.15, 0.2) is 24.3 Å². The van der Waals surface area contributed by atoms with Gasteiger partial charge in [-0.3, -0.25) is 4.79 Å². The molecule has 0 radical (unpaired) electrons. The lowest BCUT2D eigenvalue weighted by molar-refractivity contribution is 0.112. The molecule has 0 aliphatic carbocycles. The zero-order valence-electron chi connectivity index (χ0n) is 7.73. The summed E-state index contributed by atoms with van der Waals surface area (Å²) in [7, 11) is 0. The number of aliphatic hydroxyl groups excluding tert-OH is 1. The first-order valence-corrected chi connectivity index (χ1v) is 4.44. The van der Waals surface area contributed by atoms with Gasteiger partial charge in [0.15, 0.2) is 0 Å². The fraction of sp³-hybridized carbons (Fsp3) is 0.364. The average molecular weight is 178 g/mol. The Kier molecular flexibility index (Phi) is 3.65. The van der Waals surface area contributed by atoms with Crippen LogP contribution in [0.2, 0.25) is 0 Å². The van der Waals surface area contributed by atoms with E-state index in [1.165, 1.54) is 0 Å². The zero-order valence-corrected chi connectivity index (χ0v) is 7.73. The second kappa shape index (κ2) is 4.77. The van der Waals surface area contributed by atoms with Crippen molar-refractivity contribution in [2.75, 3.05) is 0 Å². The van der Waals surface area contributed by atoms with Gasteiger partial charge in [-0.2, -0.15) is 0 Å². The van der Waals surface area contributed by atoms with Gasteiger partial charge in [-0.05, 0) is 25.3 Å². The van der Waals surface area contributed by atoms with Crippen molar-refractivity contribution in [3.8, 4) is 0 Å². The third kappa shape index (κ3) is 3.38. The molecule has 0 aliphatic heterocycles. The van der Waals surface area contributed by atoms with E-state index in [1.807, 2.05) is 12.1 Å². The minimum atomic E-state index is -0.259. The Labute approximate surface area is 78.2 Å². The van der Waals surface area contributed by atoms with Gasteiger partial charge in [0, 0.05) is 5.56 Å². The van der Waals surface area contributed by atoms with E-state index < -0.39 is 0 Å². The lowest BCUT2D eigenvalue weighted by Crippen LogP contribution is -2.01. The third-order valence-electron chi connectivity index (χ3n) is 1.97. The highest BCUT2D eigenvalue weighted by molar-refractivity contribution is 5.74. The normalized spacial score (nSPS) is 12.5. The van der Waals surface area contributed by atoms with Crippen LogP contribution < -0.4 is 0 Å². The SMILES string of the molecule is CC(O)CCc1ccc(C=O)cc1. The molecule has 0 amide bonds. The highest BCUT2D eigenvalue weighted by Crippen LogP contribution is 2.06. The molecule has 0 aromatic heterocycles. The van der Waals surface area contributed by atoms with Crippen LogP contribution in [0.25, 0.3) is 0 Å². The minimum absolute atomic E-state index is 0.259. The van der Waals surface area contributed by atoms with Crippen LogP contribution in [-0.2, 0) is 6.42 Å². The molecule has 70 valence electrons. The van der Waals surface area contributed by atoms with Crippen LogP contribution >= 0.6 is 0 Å². The van der Waals surface area contributed by atoms with Crippen LogP contribution in [0, 0.1) is 0 Å². The summed E-state index contributed by atoms with van der Waals surface area (Å²) < 4.78 is 0. The number of aldehydes is 1. The predicted molar refractivity (Wildman–Crippen MR) is 51.8 cm³/mol. The quantitative estimate of drug-likeness (QED) is 0.714. The summed E-state index contributed by atoms with van der Waals surface area (Å²) in [6, 6.07) is 7.44. The zero-order chi connectivity index (χ0) is 9.68. The monoisotopic (exact) mass is 178 g/mol. The van der Waals surface area contributed by atoms with Crippen molar-refractivity contribution < 1.29 is 9.90 Å². The maximum Gasteiger partial charge on any atom is 0.150 e. The molecule has 1 aromatic carbocycles. The van der Waals surface area contributed by atoms with Crippen LogP contribution in [0.5, 0.6) is 0 Å². The number of carbonyl (C=O) groups is 1. The number of hydrogen-bond donors (Lipinski definition) is 1. The van der Waals surface area contributed by atoms with Crippen LogP contribution in [0.3, 0.4) is 0 Å². The smallest absolute Gasteiger partial charge is 0.150 e. The Morgan fingerprint density at radius 2 is 2.00 bits per heavy atom. The molecule has 0 saturated heterocycles. The van der Waals surface area contributed by atoms with E-state index in [0.29, 0.717) is 5.56 Å². The highest BCUT2D eigenvalue weighted by atomic mass is 16.3. The second-order valence-corrected chi connectivity index (χ2v) is 3.25. The fourth-order valence-electron chi connectivity index (χ4n) is 1.14. The summed E-state index contributed by atoms with van der Waals surface area (Å²) in [5.74, 6) is 0. The summed E-state index contributed by atoms with van der Waals surface area (Å²) >= 11 is 0. The molecule has 1 atom stereocenters. The van der Waals surface area contributed by atoms with Gasteiger partial charge in [-0.1, -0.05) is 24.3 Å². The molecular weight excluding hydrogens is 164 g/mol. The highest BCUT2D eigenvalue weighted by Gasteiger charge is 1.97. The van der Waals surface area contributed by atoms with E-state index in [1.54, 1.807) is 19.1 Å². The Bertz CT molecular complexity index is 262. The summed E-state index contributed by atoms with van der Waals surface area (Å²) in [6.45, 7) is 1.78. The van der Waals surface area contributed by atoms with Gasteiger partial charge in [0.2, 0.25) is 0 Å². The van der Waals surface area contributed by atoms with E-state index in [9.17, 15) is 4.79 Å². The number of rotatable bonds is 4. The first-order chi connectivity index (χ1) is 6.22. The predicted octanol–water partition coefficient (Wildman–Crippen LogP) is 1.81. The molecule has 0 heterocycles. The van der Waals surface area contributed by atoms with Gasteiger partial charge in [-0.15, -0.1) is 0 Å². The topological polar surface area (TPSA) is 37.3 Å². The second-order valence-electron chi connectivity index (χ2n) is 3.25. The molecule has 1 aromatic rings. The Balaban J connectivity index is 2.54. The van der Waals surface area contributed by atoms with E-state index in [0.717, 1.165) is 24.7 Å². The molecule has 0 spiro atoms. The van der Waals surface area contributed by atoms with Gasteiger partial charge in [-0.25, -0.2) is 0 Å². The van der Waals surface area contributed by atoms with E-state index in [4.69, 9.17) is 5.11 Å². The molecule has 13 heavy (non-hydrogen) atoms. The lowest BCUT2D eigenvalue weighted by Gasteiger charge is -2.03. The molecule has 1 N–H and O–H groups in total. The Morgan fingerprint density at radius 1 is 1.38 bits per heavy atom. The third-order valence-corrected chi connectivity index (χ3v) is 1.97. The molecular formula is C11H14O2. The summed E-state index contributed by atoms with van der Waals surface area (Å²) in [5, 5.41) is 9.06. The first-order valence-electron chi connectivity index (χ1n) is 4.44. The van der Waals surface area contributed by atoms with Crippen molar-refractivity contribution in [3.05, 3.63) is 35.4 Å². The van der Waals surface area contributed by atoms with Crippen LogP contribution in [0.1, 0.15) is 29.3 Å². The summed E-state index contributed by atoms with van der Waals surface area (Å²) in [5.41, 5.74) is 1.85. The maximum atomic E-state index is 10.3. The molecule has 0 bridgehead atoms. The molecule has 1 rings (SSSR count). The van der Waals surface area contributed by atoms with Crippen molar-refractivity contribution in [1.82, 2.24) is 0 Å². The first kappa shape index (κ1) is 9.93. The van der Waals surface area contributed by atoms with E-state index in [-0.39, 0.29) is 6.10 Å². The molecule has 0 fully saturated rings. The number of aryl methyl sites for hydroxylation is 1. The van der Waals surface area contributed by atoms with Crippen LogP contribution in [0.4, 0.5) is 0 Å². The standard InChI is InChI=1S/C11H14O2/c1-9(13)2-3-10-4-6-11(8-12)7-5-10/h4-9,13H,2-3H2,1H3. The summed E-state index contributed by atoms with van der Waals surface area (Å²) in [6.07, 6.45) is 2.20. The molecule has 0 aliphatic rings. The van der Waals surface area contributed by atoms with Gasteiger partial charge in [0.05, 0.1) is 6.10 Å². The Morgan fingerprint density at radius 3 is 2.46 bits per heavy atom. The Hall–Kier alpha value is -1.15. The van der Waals surface area contributed by atoms with Gasteiger partial charge in [0.25, 0.3) is 0 Å². The fourth-order valence-corrected chi connectivity index (χ4v) is 1.14. The van der Waals surface area contributed by atoms with Crippen molar-refractivity contribution in [3.63, 3.8) is 0 Å². The van der Waals surface area contributed by atoms with E-state index >= 15 is 0 Å². The van der Waals surface area contributed by atoms with Gasteiger partial charge < -0.3 is 5.11 Å². The number of aliphatic hydroxyl groups is 1. The van der Waals surface area contributed by atoms with E-state index in [2.05, 4.69) is 0 Å². The van der Waals surface area contributed by atoms with Crippen molar-refractivity contribution >= 4 is 6.29 Å². The van der Waals surface area contributed by atoms with Gasteiger partial charge in [0.1, 0.15) is 6.29 Å². The molecule has 2 nitrogen and oxygen atoms in total. The lowest BCUT2D eigenvalue weighted by atomic mass is 10.1. The average Bonchev–Trinajstić information content (AvgIpc) is 2.15. The van der Waals surface area contributed by atoms with Crippen molar-refractivity contribution in [1.29, 1.82) is 0 Å². The van der Waals surface area contributed by atoms with Crippen molar-refractivity contribution in [2.24, 2.45) is 0 Å². The largest absolute Gasteiger partial charge is 0.393 e. The number of carbonyl (C=O) groups excluding carboxylic acids is 1. The van der Waals surface area contributed by atoms with Crippen LogP contribution in [-0.4, -0.2) is 17.5 Å². The summed E-state index contributed by atoms with van der Waals surface area (Å²) in [4.78, 5) is 10.3. The number of hydrogen-bond acceptors (Lipinski definition) is 2. The number of benzene rings is 1. The molecule has 1 unspecified atom stereocenters. The minimum Gasteiger partial charge on any atom is -0.393 e. The maximum absolute atomic E-state index is 10.3. The molecule has 0 saturated carbocycles. The van der Waals surface area contributed by atoms with Crippen molar-refractivity contribution in [2.45, 2.75) is 25.9 Å². The van der Waals surface area contributed by atoms with Gasteiger partial charge >= 0.3 is 0 Å².